The molecule has 0 amide bonds. The van der Waals surface area contributed by atoms with Gasteiger partial charge in [0.2, 0.25) is 0 Å². The summed E-state index contributed by atoms with van der Waals surface area (Å²) >= 11 is 0. The smallest absolute Gasteiger partial charge is 0.399 e. The van der Waals surface area contributed by atoms with Crippen molar-refractivity contribution in [3.05, 3.63) is 23.8 Å². The molecule has 1 aromatic rings. The van der Waals surface area contributed by atoms with E-state index in [-0.39, 0.29) is 30.6 Å². The lowest BCUT2D eigenvalue weighted by atomic mass is 10.1. The Morgan fingerprint density at radius 2 is 2.10 bits per heavy atom. The summed E-state index contributed by atoms with van der Waals surface area (Å²) in [6, 6.07) is 3.74. The Hall–Kier alpha value is -1.47. The summed E-state index contributed by atoms with van der Waals surface area (Å²) in [7, 11) is 0. The number of aliphatic hydroxyl groups excluding tert-OH is 1. The number of aliphatic hydroxyl groups is 1. The van der Waals surface area contributed by atoms with Crippen LogP contribution in [0.4, 0.5) is 24.5 Å². The minimum atomic E-state index is -4.47. The average molecular weight is 290 g/mol. The molecule has 2 unspecified atom stereocenters. The van der Waals surface area contributed by atoms with Crippen molar-refractivity contribution in [1.29, 1.82) is 0 Å². The molecular weight excluding hydrogens is 273 g/mol. The molecule has 7 heteroatoms. The monoisotopic (exact) mass is 290 g/mol. The molecule has 0 aliphatic carbocycles. The van der Waals surface area contributed by atoms with Crippen LogP contribution in [0.15, 0.2) is 18.2 Å². The van der Waals surface area contributed by atoms with Gasteiger partial charge in [0.15, 0.2) is 0 Å². The Morgan fingerprint density at radius 1 is 1.40 bits per heavy atom. The third kappa shape index (κ3) is 3.16. The van der Waals surface area contributed by atoms with Gasteiger partial charge < -0.3 is 20.5 Å². The molecule has 20 heavy (non-hydrogen) atoms. The first-order valence-corrected chi connectivity index (χ1v) is 6.29. The number of rotatable bonds is 2. The maximum absolute atomic E-state index is 13.1. The van der Waals surface area contributed by atoms with Gasteiger partial charge in [0.25, 0.3) is 0 Å². The van der Waals surface area contributed by atoms with Crippen LogP contribution in [-0.2, 0) is 10.9 Å². The molecule has 1 aliphatic heterocycles. The molecule has 0 spiro atoms. The number of nitrogen functional groups attached to an aromatic ring is 1. The number of hydrogen-bond donors (Lipinski definition) is 2. The Kier molecular flexibility index (Phi) is 4.10. The van der Waals surface area contributed by atoms with E-state index in [4.69, 9.17) is 15.6 Å². The first kappa shape index (κ1) is 14.9. The van der Waals surface area contributed by atoms with Crippen LogP contribution in [0.5, 0.6) is 0 Å². The lowest BCUT2D eigenvalue weighted by Crippen LogP contribution is -2.48. The highest BCUT2D eigenvalue weighted by Crippen LogP contribution is 2.38. The molecule has 1 fully saturated rings. The van der Waals surface area contributed by atoms with E-state index in [0.29, 0.717) is 6.54 Å². The van der Waals surface area contributed by atoms with Gasteiger partial charge in [-0.2, -0.15) is 13.2 Å². The van der Waals surface area contributed by atoms with Crippen molar-refractivity contribution in [3.63, 3.8) is 0 Å². The largest absolute Gasteiger partial charge is 0.418 e. The van der Waals surface area contributed by atoms with Gasteiger partial charge in [-0.05, 0) is 25.1 Å². The van der Waals surface area contributed by atoms with Crippen LogP contribution in [0.25, 0.3) is 0 Å². The van der Waals surface area contributed by atoms with Gasteiger partial charge >= 0.3 is 6.18 Å². The van der Waals surface area contributed by atoms with E-state index >= 15 is 0 Å². The van der Waals surface area contributed by atoms with Gasteiger partial charge in [-0.15, -0.1) is 0 Å². The van der Waals surface area contributed by atoms with E-state index in [1.165, 1.54) is 12.1 Å². The number of morpholine rings is 1. The number of alkyl halides is 3. The van der Waals surface area contributed by atoms with Crippen LogP contribution in [-0.4, -0.2) is 37.0 Å². The van der Waals surface area contributed by atoms with Crippen LogP contribution >= 0.6 is 0 Å². The number of ether oxygens (including phenoxy) is 1. The highest BCUT2D eigenvalue weighted by Gasteiger charge is 2.36. The quantitative estimate of drug-likeness (QED) is 0.816. The summed E-state index contributed by atoms with van der Waals surface area (Å²) in [4.78, 5) is 1.58. The second-order valence-electron chi connectivity index (χ2n) is 4.93. The highest BCUT2D eigenvalue weighted by molar-refractivity contribution is 5.61. The average Bonchev–Trinajstić information content (AvgIpc) is 2.36. The lowest BCUT2D eigenvalue weighted by Gasteiger charge is -2.38. The van der Waals surface area contributed by atoms with Crippen molar-refractivity contribution in [3.8, 4) is 0 Å². The number of halogens is 3. The van der Waals surface area contributed by atoms with Gasteiger partial charge in [-0.3, -0.25) is 0 Å². The van der Waals surface area contributed by atoms with Gasteiger partial charge in [0, 0.05) is 24.5 Å². The van der Waals surface area contributed by atoms with Crippen molar-refractivity contribution in [2.24, 2.45) is 0 Å². The van der Waals surface area contributed by atoms with Gasteiger partial charge in [0.1, 0.15) is 0 Å². The fourth-order valence-corrected chi connectivity index (χ4v) is 2.40. The summed E-state index contributed by atoms with van der Waals surface area (Å²) in [6.07, 6.45) is -5.21. The predicted octanol–water partition coefficient (Wildman–Crippen LogP) is 1.87. The molecule has 1 aromatic carbocycles. The van der Waals surface area contributed by atoms with Crippen LogP contribution in [0, 0.1) is 0 Å². The van der Waals surface area contributed by atoms with Crippen LogP contribution in [0.2, 0.25) is 0 Å². The van der Waals surface area contributed by atoms with Crippen molar-refractivity contribution in [2.75, 3.05) is 30.3 Å². The minimum absolute atomic E-state index is 0.0697. The molecule has 0 radical (unpaired) electrons. The molecule has 1 saturated heterocycles. The summed E-state index contributed by atoms with van der Waals surface area (Å²) < 4.78 is 44.7. The maximum Gasteiger partial charge on any atom is 0.418 e. The van der Waals surface area contributed by atoms with Crippen molar-refractivity contribution in [1.82, 2.24) is 0 Å². The second-order valence-corrected chi connectivity index (χ2v) is 4.93. The van der Waals surface area contributed by atoms with Crippen molar-refractivity contribution >= 4 is 11.4 Å². The molecule has 0 aromatic heterocycles. The van der Waals surface area contributed by atoms with Crippen molar-refractivity contribution in [2.45, 2.75) is 25.3 Å². The second kappa shape index (κ2) is 5.49. The summed E-state index contributed by atoms with van der Waals surface area (Å²) in [5.41, 5.74) is 4.83. The van der Waals surface area contributed by atoms with E-state index in [0.717, 1.165) is 6.07 Å². The van der Waals surface area contributed by atoms with Crippen molar-refractivity contribution < 1.29 is 23.0 Å². The number of anilines is 2. The third-order valence-electron chi connectivity index (χ3n) is 3.20. The van der Waals surface area contributed by atoms with E-state index in [9.17, 15) is 13.2 Å². The summed E-state index contributed by atoms with van der Waals surface area (Å²) in [5.74, 6) is 0. The molecule has 0 bridgehead atoms. The summed E-state index contributed by atoms with van der Waals surface area (Å²) in [6.45, 7) is 2.09. The van der Waals surface area contributed by atoms with E-state index in [2.05, 4.69) is 0 Å². The molecule has 0 saturated carbocycles. The number of nitrogens with zero attached hydrogens (tertiary/aromatic N) is 1. The molecular formula is C13H17F3N2O2. The standard InChI is InChI=1S/C13H17F3N2O2/c1-8-5-18(6-10(7-19)20-8)12-3-2-9(17)4-11(12)13(14,15)16/h2-4,8,10,19H,5-7,17H2,1H3. The Labute approximate surface area is 114 Å². The highest BCUT2D eigenvalue weighted by atomic mass is 19.4. The van der Waals surface area contributed by atoms with Gasteiger partial charge in [0.05, 0.1) is 24.4 Å². The molecule has 3 N–H and O–H groups in total. The molecule has 112 valence electrons. The zero-order valence-electron chi connectivity index (χ0n) is 11.0. The topological polar surface area (TPSA) is 58.7 Å². The van der Waals surface area contributed by atoms with Gasteiger partial charge in [-0.25, -0.2) is 0 Å². The Balaban J connectivity index is 2.36. The van der Waals surface area contributed by atoms with E-state index < -0.39 is 17.8 Å². The zero-order valence-corrected chi connectivity index (χ0v) is 11.0. The number of nitrogens with two attached hydrogens (primary N) is 1. The summed E-state index contributed by atoms with van der Waals surface area (Å²) in [5, 5.41) is 9.15. The van der Waals surface area contributed by atoms with Gasteiger partial charge in [-0.1, -0.05) is 0 Å². The molecule has 1 heterocycles. The fourth-order valence-electron chi connectivity index (χ4n) is 2.40. The number of benzene rings is 1. The molecule has 1 aliphatic rings. The molecule has 2 atom stereocenters. The third-order valence-corrected chi connectivity index (χ3v) is 3.20. The SMILES string of the molecule is CC1CN(c2ccc(N)cc2C(F)(F)F)CC(CO)O1. The lowest BCUT2D eigenvalue weighted by molar-refractivity contribution is -0.137. The zero-order chi connectivity index (χ0) is 14.9. The molecule has 2 rings (SSSR count). The Morgan fingerprint density at radius 3 is 2.70 bits per heavy atom. The fraction of sp³-hybridized carbons (Fsp3) is 0.538. The maximum atomic E-state index is 13.1. The number of hydrogen-bond acceptors (Lipinski definition) is 4. The molecule has 4 nitrogen and oxygen atoms in total. The van der Waals surface area contributed by atoms with Crippen LogP contribution < -0.4 is 10.6 Å². The Bertz CT molecular complexity index is 479. The first-order chi connectivity index (χ1) is 9.31. The van der Waals surface area contributed by atoms with Crippen LogP contribution in [0.3, 0.4) is 0 Å². The minimum Gasteiger partial charge on any atom is -0.399 e. The predicted molar refractivity (Wildman–Crippen MR) is 69.5 cm³/mol. The van der Waals surface area contributed by atoms with Crippen LogP contribution in [0.1, 0.15) is 12.5 Å². The normalized spacial score (nSPS) is 23.9. The van der Waals surface area contributed by atoms with E-state index in [1.807, 2.05) is 0 Å². The van der Waals surface area contributed by atoms with E-state index in [1.54, 1.807) is 11.8 Å². The first-order valence-electron chi connectivity index (χ1n) is 6.29.